The predicted octanol–water partition coefficient (Wildman–Crippen LogP) is 3.68. The second-order valence-corrected chi connectivity index (χ2v) is 6.89. The third-order valence-corrected chi connectivity index (χ3v) is 4.38. The second kappa shape index (κ2) is 9.64. The van der Waals surface area contributed by atoms with Crippen LogP contribution in [0, 0.1) is 19.8 Å². The average molecular weight is 364 g/mol. The number of halogens is 1. The number of nitrogens with zero attached hydrogens (tertiary/aromatic N) is 1. The van der Waals surface area contributed by atoms with E-state index in [4.69, 9.17) is 5.73 Å². The number of nitrogens with one attached hydrogen (secondary N) is 1. The molecule has 1 heterocycles. The summed E-state index contributed by atoms with van der Waals surface area (Å²) in [5, 5.41) is 3.08. The molecule has 2 aromatic rings. The van der Waals surface area contributed by atoms with Crippen LogP contribution in [0.15, 0.2) is 36.4 Å². The van der Waals surface area contributed by atoms with Gasteiger partial charge in [-0.05, 0) is 37.8 Å². The summed E-state index contributed by atoms with van der Waals surface area (Å²) in [4.78, 5) is 12.7. The zero-order valence-electron chi connectivity index (χ0n) is 15.6. The molecule has 25 heavy (non-hydrogen) atoms. The molecule has 0 saturated carbocycles. The van der Waals surface area contributed by atoms with Crippen LogP contribution in [0.4, 0.5) is 0 Å². The van der Waals surface area contributed by atoms with Crippen molar-refractivity contribution in [3.63, 3.8) is 0 Å². The van der Waals surface area contributed by atoms with E-state index in [0.29, 0.717) is 12.5 Å². The number of amides is 1. The fourth-order valence-corrected chi connectivity index (χ4v) is 3.09. The number of carbonyl (C=O) groups is 1. The largest absolute Gasteiger partial charge is 0.348 e. The Morgan fingerprint density at radius 2 is 1.84 bits per heavy atom. The maximum Gasteiger partial charge on any atom is 0.253 e. The van der Waals surface area contributed by atoms with E-state index in [9.17, 15) is 4.79 Å². The minimum absolute atomic E-state index is 0. The molecule has 0 saturated heterocycles. The van der Waals surface area contributed by atoms with E-state index in [1.807, 2.05) is 38.1 Å². The predicted molar refractivity (Wildman–Crippen MR) is 106 cm³/mol. The summed E-state index contributed by atoms with van der Waals surface area (Å²) in [6.45, 7) is 9.57. The Morgan fingerprint density at radius 1 is 1.20 bits per heavy atom. The zero-order valence-corrected chi connectivity index (χ0v) is 16.4. The number of aryl methyl sites for hydroxylation is 1. The highest BCUT2D eigenvalue weighted by atomic mass is 35.5. The molecule has 4 nitrogen and oxygen atoms in total. The van der Waals surface area contributed by atoms with Crippen molar-refractivity contribution in [2.75, 3.05) is 6.54 Å². The number of benzene rings is 1. The molecular weight excluding hydrogens is 334 g/mol. The van der Waals surface area contributed by atoms with Crippen LogP contribution in [-0.4, -0.2) is 23.1 Å². The van der Waals surface area contributed by atoms with Crippen LogP contribution < -0.4 is 11.1 Å². The number of carbonyl (C=O) groups excluding carboxylic acids is 1. The van der Waals surface area contributed by atoms with Gasteiger partial charge in [-0.25, -0.2) is 0 Å². The highest BCUT2D eigenvalue weighted by Gasteiger charge is 2.19. The molecule has 138 valence electrons. The SMILES string of the molecule is Cc1cc(C(=O)NC(CN)CC(C)C)c(C)n1Cc1ccccc1.Cl. The third-order valence-electron chi connectivity index (χ3n) is 4.38. The van der Waals surface area contributed by atoms with Crippen LogP contribution in [0.2, 0.25) is 0 Å². The van der Waals surface area contributed by atoms with Crippen LogP contribution >= 0.6 is 12.4 Å². The van der Waals surface area contributed by atoms with E-state index < -0.39 is 0 Å². The van der Waals surface area contributed by atoms with Crippen molar-refractivity contribution in [3.05, 3.63) is 58.9 Å². The van der Waals surface area contributed by atoms with Gasteiger partial charge in [-0.3, -0.25) is 4.79 Å². The van der Waals surface area contributed by atoms with Gasteiger partial charge in [0, 0.05) is 30.5 Å². The van der Waals surface area contributed by atoms with Gasteiger partial charge >= 0.3 is 0 Å². The molecule has 0 aliphatic heterocycles. The molecule has 2 rings (SSSR count). The molecule has 1 unspecified atom stereocenters. The molecule has 0 aliphatic rings. The van der Waals surface area contributed by atoms with E-state index in [2.05, 4.69) is 35.9 Å². The Labute approximate surface area is 157 Å². The third kappa shape index (κ3) is 5.62. The van der Waals surface area contributed by atoms with Crippen molar-refractivity contribution in [2.24, 2.45) is 11.7 Å². The zero-order chi connectivity index (χ0) is 17.7. The van der Waals surface area contributed by atoms with Crippen molar-refractivity contribution in [2.45, 2.75) is 46.7 Å². The lowest BCUT2D eigenvalue weighted by Gasteiger charge is -2.19. The van der Waals surface area contributed by atoms with Gasteiger partial charge in [0.2, 0.25) is 0 Å². The highest BCUT2D eigenvalue weighted by molar-refractivity contribution is 5.95. The van der Waals surface area contributed by atoms with Crippen LogP contribution in [0.1, 0.15) is 47.6 Å². The van der Waals surface area contributed by atoms with E-state index in [1.54, 1.807) is 0 Å². The Balaban J connectivity index is 0.00000312. The van der Waals surface area contributed by atoms with Crippen LogP contribution in [0.3, 0.4) is 0 Å². The molecule has 1 aromatic carbocycles. The van der Waals surface area contributed by atoms with Crippen molar-refractivity contribution >= 4 is 18.3 Å². The van der Waals surface area contributed by atoms with Crippen LogP contribution in [0.25, 0.3) is 0 Å². The molecule has 5 heteroatoms. The lowest BCUT2D eigenvalue weighted by atomic mass is 10.0. The Hall–Kier alpha value is -1.78. The van der Waals surface area contributed by atoms with Gasteiger partial charge in [0.15, 0.2) is 0 Å². The van der Waals surface area contributed by atoms with Crippen molar-refractivity contribution < 1.29 is 4.79 Å². The van der Waals surface area contributed by atoms with E-state index >= 15 is 0 Å². The quantitative estimate of drug-likeness (QED) is 0.788. The summed E-state index contributed by atoms with van der Waals surface area (Å²) in [6.07, 6.45) is 0.894. The van der Waals surface area contributed by atoms with Crippen molar-refractivity contribution in [1.82, 2.24) is 9.88 Å². The van der Waals surface area contributed by atoms with Gasteiger partial charge in [0.1, 0.15) is 0 Å². The Morgan fingerprint density at radius 3 is 2.40 bits per heavy atom. The average Bonchev–Trinajstić information content (AvgIpc) is 2.83. The number of hydrogen-bond acceptors (Lipinski definition) is 2. The lowest BCUT2D eigenvalue weighted by molar-refractivity contribution is 0.0933. The molecular formula is C20H30ClN3O. The highest BCUT2D eigenvalue weighted by Crippen LogP contribution is 2.17. The molecule has 1 amide bonds. The fraction of sp³-hybridized carbons (Fsp3) is 0.450. The topological polar surface area (TPSA) is 60.1 Å². The number of aromatic nitrogens is 1. The van der Waals surface area contributed by atoms with Gasteiger partial charge < -0.3 is 15.6 Å². The molecule has 0 spiro atoms. The van der Waals surface area contributed by atoms with Gasteiger partial charge in [0.25, 0.3) is 5.91 Å². The van der Waals surface area contributed by atoms with Gasteiger partial charge in [-0.15, -0.1) is 12.4 Å². The standard InChI is InChI=1S/C20H29N3O.ClH/c1-14(2)10-18(12-21)22-20(24)19-11-15(3)23(16(19)4)13-17-8-6-5-7-9-17;/h5-9,11,14,18H,10,12-13,21H2,1-4H3,(H,22,24);1H. The smallest absolute Gasteiger partial charge is 0.253 e. The normalized spacial score (nSPS) is 11.9. The first-order valence-corrected chi connectivity index (χ1v) is 8.64. The maximum atomic E-state index is 12.7. The van der Waals surface area contributed by atoms with Crippen LogP contribution in [-0.2, 0) is 6.54 Å². The second-order valence-electron chi connectivity index (χ2n) is 6.89. The molecule has 3 N–H and O–H groups in total. The molecule has 0 fully saturated rings. The number of rotatable bonds is 7. The van der Waals surface area contributed by atoms with E-state index in [1.165, 1.54) is 5.56 Å². The Bertz CT molecular complexity index is 680. The van der Waals surface area contributed by atoms with Gasteiger partial charge in [-0.1, -0.05) is 44.2 Å². The maximum absolute atomic E-state index is 12.7. The van der Waals surface area contributed by atoms with E-state index in [-0.39, 0.29) is 24.4 Å². The minimum atomic E-state index is -0.0292. The first kappa shape index (κ1) is 21.3. The molecule has 1 atom stereocenters. The number of hydrogen-bond donors (Lipinski definition) is 2. The monoisotopic (exact) mass is 363 g/mol. The summed E-state index contributed by atoms with van der Waals surface area (Å²) >= 11 is 0. The minimum Gasteiger partial charge on any atom is -0.348 e. The summed E-state index contributed by atoms with van der Waals surface area (Å²) in [5.74, 6) is 0.475. The summed E-state index contributed by atoms with van der Waals surface area (Å²) < 4.78 is 2.18. The first-order valence-electron chi connectivity index (χ1n) is 8.64. The summed E-state index contributed by atoms with van der Waals surface area (Å²) in [7, 11) is 0. The molecule has 1 aromatic heterocycles. The fourth-order valence-electron chi connectivity index (χ4n) is 3.09. The van der Waals surface area contributed by atoms with Gasteiger partial charge in [0.05, 0.1) is 5.56 Å². The lowest BCUT2D eigenvalue weighted by Crippen LogP contribution is -2.41. The molecule has 0 aliphatic carbocycles. The number of nitrogens with two attached hydrogens (primary N) is 1. The summed E-state index contributed by atoms with van der Waals surface area (Å²) in [6, 6.07) is 12.3. The molecule has 0 radical (unpaired) electrons. The van der Waals surface area contributed by atoms with Crippen LogP contribution in [0.5, 0.6) is 0 Å². The van der Waals surface area contributed by atoms with Gasteiger partial charge in [-0.2, -0.15) is 0 Å². The molecule has 0 bridgehead atoms. The summed E-state index contributed by atoms with van der Waals surface area (Å²) in [5.41, 5.74) is 9.86. The first-order chi connectivity index (χ1) is 11.4. The van der Waals surface area contributed by atoms with Crippen molar-refractivity contribution in [3.8, 4) is 0 Å². The van der Waals surface area contributed by atoms with Crippen molar-refractivity contribution in [1.29, 1.82) is 0 Å². The Kier molecular flexibility index (Phi) is 8.20. The van der Waals surface area contributed by atoms with E-state index in [0.717, 1.165) is 29.9 Å².